The average Bonchev–Trinajstić information content (AvgIpc) is 2.85. The Bertz CT molecular complexity index is 453. The van der Waals surface area contributed by atoms with Gasteiger partial charge in [0, 0.05) is 5.56 Å². The molecule has 0 bridgehead atoms. The molecule has 0 fully saturated rings. The van der Waals surface area contributed by atoms with Crippen LogP contribution in [-0.4, -0.2) is 0 Å². The van der Waals surface area contributed by atoms with Gasteiger partial charge < -0.3 is 0 Å². The van der Waals surface area contributed by atoms with Gasteiger partial charge >= 0.3 is 0 Å². The Hall–Kier alpha value is -0.100. The highest BCUT2D eigenvalue weighted by atomic mass is 35.5. The predicted octanol–water partition coefficient (Wildman–Crippen LogP) is 3.86. The van der Waals surface area contributed by atoms with Crippen LogP contribution in [0, 0.1) is 0 Å². The molecule has 0 aliphatic heterocycles. The molecule has 1 atom stereocenters. The fourth-order valence-corrected chi connectivity index (χ4v) is 3.75. The maximum atomic E-state index is 6.10. The summed E-state index contributed by atoms with van der Waals surface area (Å²) in [4.78, 5) is 0. The molecule has 0 radical (unpaired) electrons. The molecule has 3 N–H and O–H groups in total. The molecule has 6 heteroatoms. The van der Waals surface area contributed by atoms with Crippen LogP contribution in [-0.2, 0) is 6.42 Å². The highest BCUT2D eigenvalue weighted by Crippen LogP contribution is 2.35. The summed E-state index contributed by atoms with van der Waals surface area (Å²) < 4.78 is 1.38. The first-order valence-electron chi connectivity index (χ1n) is 4.62. The fourth-order valence-electron chi connectivity index (χ4n) is 1.49. The summed E-state index contributed by atoms with van der Waals surface area (Å²) in [6.07, 6.45) is 0.812. The Kier molecular flexibility index (Phi) is 4.24. The van der Waals surface area contributed by atoms with Crippen molar-refractivity contribution in [3.63, 3.8) is 0 Å². The number of nitrogens with one attached hydrogen (secondary N) is 1. The molecule has 0 saturated carbocycles. The number of rotatable bonds is 4. The lowest BCUT2D eigenvalue weighted by Crippen LogP contribution is -2.29. The van der Waals surface area contributed by atoms with Crippen LogP contribution in [0.1, 0.15) is 17.2 Å². The minimum absolute atomic E-state index is 0.00542. The molecule has 0 aliphatic carbocycles. The zero-order chi connectivity index (χ0) is 11.5. The second kappa shape index (κ2) is 5.49. The van der Waals surface area contributed by atoms with Crippen LogP contribution >= 0.6 is 45.9 Å². The van der Waals surface area contributed by atoms with Gasteiger partial charge in [0.15, 0.2) is 0 Å². The minimum Gasteiger partial charge on any atom is -0.271 e. The quantitative estimate of drug-likeness (QED) is 0.663. The van der Waals surface area contributed by atoms with Crippen LogP contribution in [0.25, 0.3) is 0 Å². The van der Waals surface area contributed by atoms with E-state index in [1.54, 1.807) is 11.3 Å². The first-order chi connectivity index (χ1) is 7.70. The lowest BCUT2D eigenvalue weighted by Gasteiger charge is -2.14. The molecule has 0 amide bonds. The Morgan fingerprint density at radius 1 is 1.44 bits per heavy atom. The molecular weight excluding hydrogens is 283 g/mol. The lowest BCUT2D eigenvalue weighted by molar-refractivity contribution is 0.554. The van der Waals surface area contributed by atoms with E-state index in [1.165, 1.54) is 16.9 Å². The van der Waals surface area contributed by atoms with Crippen molar-refractivity contribution in [2.75, 3.05) is 0 Å². The molecule has 2 aromatic rings. The van der Waals surface area contributed by atoms with Crippen molar-refractivity contribution in [2.24, 2.45) is 5.84 Å². The summed E-state index contributed by atoms with van der Waals surface area (Å²) in [7, 11) is 0. The van der Waals surface area contributed by atoms with Gasteiger partial charge in [0.25, 0.3) is 0 Å². The normalized spacial score (nSPS) is 12.9. The number of hydrazine groups is 1. The molecule has 1 unspecified atom stereocenters. The van der Waals surface area contributed by atoms with Crippen molar-refractivity contribution in [2.45, 2.75) is 12.5 Å². The molecule has 16 heavy (non-hydrogen) atoms. The molecule has 86 valence electrons. The molecular formula is C10H10Cl2N2S2. The van der Waals surface area contributed by atoms with Gasteiger partial charge in [-0.3, -0.25) is 11.3 Å². The first kappa shape index (κ1) is 12.4. The van der Waals surface area contributed by atoms with Gasteiger partial charge in [-0.2, -0.15) is 11.3 Å². The smallest absolute Gasteiger partial charge is 0.0992 e. The topological polar surface area (TPSA) is 38.0 Å². The summed E-state index contributed by atoms with van der Waals surface area (Å²) in [6, 6.07) is 3.95. The van der Waals surface area contributed by atoms with E-state index in [-0.39, 0.29) is 6.04 Å². The van der Waals surface area contributed by atoms with E-state index in [2.05, 4.69) is 16.9 Å². The summed E-state index contributed by atoms with van der Waals surface area (Å²) in [5, 5.41) is 4.15. The van der Waals surface area contributed by atoms with Crippen molar-refractivity contribution in [1.82, 2.24) is 5.43 Å². The Morgan fingerprint density at radius 2 is 2.25 bits per heavy atom. The lowest BCUT2D eigenvalue weighted by atomic mass is 10.0. The number of nitrogens with two attached hydrogens (primary N) is 1. The van der Waals surface area contributed by atoms with E-state index in [0.29, 0.717) is 8.67 Å². The van der Waals surface area contributed by atoms with Gasteiger partial charge in [-0.25, -0.2) is 0 Å². The van der Waals surface area contributed by atoms with Gasteiger partial charge in [0.05, 0.1) is 14.7 Å². The van der Waals surface area contributed by atoms with Crippen molar-refractivity contribution < 1.29 is 0 Å². The highest BCUT2D eigenvalue weighted by Gasteiger charge is 2.17. The third-order valence-corrected chi connectivity index (χ3v) is 4.53. The third kappa shape index (κ3) is 2.77. The number of thiophene rings is 2. The average molecular weight is 293 g/mol. The summed E-state index contributed by atoms with van der Waals surface area (Å²) >= 11 is 15.1. The zero-order valence-corrected chi connectivity index (χ0v) is 11.4. The molecule has 2 heterocycles. The Labute approximate surface area is 112 Å². The molecule has 0 aliphatic rings. The Balaban J connectivity index is 2.19. The number of hydrogen-bond donors (Lipinski definition) is 2. The van der Waals surface area contributed by atoms with Crippen LogP contribution in [0.5, 0.6) is 0 Å². The predicted molar refractivity (Wildman–Crippen MR) is 72.4 cm³/mol. The van der Waals surface area contributed by atoms with Gasteiger partial charge in [-0.1, -0.05) is 23.2 Å². The fraction of sp³-hybridized carbons (Fsp3) is 0.200. The zero-order valence-electron chi connectivity index (χ0n) is 8.24. The third-order valence-electron chi connectivity index (χ3n) is 2.28. The second-order valence-corrected chi connectivity index (χ2v) is 6.40. The monoisotopic (exact) mass is 292 g/mol. The van der Waals surface area contributed by atoms with Gasteiger partial charge in [0.2, 0.25) is 0 Å². The summed E-state index contributed by atoms with van der Waals surface area (Å²) in [5.41, 5.74) is 4.98. The summed E-state index contributed by atoms with van der Waals surface area (Å²) in [5.74, 6) is 5.56. The molecule has 0 saturated heterocycles. The van der Waals surface area contributed by atoms with Gasteiger partial charge in [-0.15, -0.1) is 11.3 Å². The van der Waals surface area contributed by atoms with Crippen LogP contribution in [0.2, 0.25) is 8.67 Å². The number of halogens is 2. The highest BCUT2D eigenvalue weighted by molar-refractivity contribution is 7.20. The van der Waals surface area contributed by atoms with E-state index >= 15 is 0 Å². The maximum Gasteiger partial charge on any atom is 0.0992 e. The van der Waals surface area contributed by atoms with E-state index in [0.717, 1.165) is 12.0 Å². The van der Waals surface area contributed by atoms with Crippen molar-refractivity contribution in [3.05, 3.63) is 42.7 Å². The molecule has 2 aromatic heterocycles. The van der Waals surface area contributed by atoms with Crippen LogP contribution in [0.15, 0.2) is 22.9 Å². The molecule has 2 rings (SSSR count). The SMILES string of the molecule is NNC(Cc1ccsc1)c1cc(Cl)sc1Cl. The van der Waals surface area contributed by atoms with Crippen LogP contribution in [0.3, 0.4) is 0 Å². The van der Waals surface area contributed by atoms with Gasteiger partial charge in [-0.05, 0) is 34.9 Å². The second-order valence-electron chi connectivity index (χ2n) is 3.33. The van der Waals surface area contributed by atoms with Crippen molar-refractivity contribution in [1.29, 1.82) is 0 Å². The van der Waals surface area contributed by atoms with Crippen molar-refractivity contribution in [3.8, 4) is 0 Å². The van der Waals surface area contributed by atoms with E-state index in [1.807, 2.05) is 11.4 Å². The maximum absolute atomic E-state index is 6.10. The van der Waals surface area contributed by atoms with Gasteiger partial charge in [0.1, 0.15) is 0 Å². The van der Waals surface area contributed by atoms with Crippen LogP contribution < -0.4 is 11.3 Å². The van der Waals surface area contributed by atoms with Crippen LogP contribution in [0.4, 0.5) is 0 Å². The molecule has 2 nitrogen and oxygen atoms in total. The molecule has 0 aromatic carbocycles. The van der Waals surface area contributed by atoms with E-state index in [4.69, 9.17) is 29.0 Å². The Morgan fingerprint density at radius 3 is 2.75 bits per heavy atom. The van der Waals surface area contributed by atoms with Crippen molar-refractivity contribution >= 4 is 45.9 Å². The van der Waals surface area contributed by atoms with E-state index in [9.17, 15) is 0 Å². The minimum atomic E-state index is 0.00542. The molecule has 0 spiro atoms. The first-order valence-corrected chi connectivity index (χ1v) is 7.14. The largest absolute Gasteiger partial charge is 0.271 e. The standard InChI is InChI=1S/C10H10Cl2N2S2/c11-9-4-7(10(12)16-9)8(14-13)3-6-1-2-15-5-6/h1-2,4-5,8,14H,3,13H2. The van der Waals surface area contributed by atoms with E-state index < -0.39 is 0 Å². The summed E-state index contributed by atoms with van der Waals surface area (Å²) in [6.45, 7) is 0. The number of hydrogen-bond acceptors (Lipinski definition) is 4.